The van der Waals surface area contributed by atoms with E-state index in [2.05, 4.69) is 39.5 Å². The Kier molecular flexibility index (Phi) is 7.26. The van der Waals surface area contributed by atoms with Crippen LogP contribution < -0.4 is 5.32 Å². The Balaban J connectivity index is 1.45. The van der Waals surface area contributed by atoms with Crippen molar-refractivity contribution in [2.75, 3.05) is 5.32 Å². The summed E-state index contributed by atoms with van der Waals surface area (Å²) in [5, 5.41) is 3.09. The van der Waals surface area contributed by atoms with Gasteiger partial charge in [-0.25, -0.2) is 9.78 Å². The number of rotatable bonds is 5. The standard InChI is InChI=1S/C27H37N3O/c1-20-17-21(2)28-26(18-20)29-27(31)30(19-22-9-5-3-6-10-22)25-15-13-24(14-16-25)23-11-7-4-8-12-23/h3,5-6,9-10,17-18,23-25H,4,7-8,11-16,19H2,1-2H3,(H,28,29,31)/t24-,25+. The van der Waals surface area contributed by atoms with E-state index in [1.807, 2.05) is 32.0 Å². The van der Waals surface area contributed by atoms with Crippen molar-refractivity contribution < 1.29 is 4.79 Å². The van der Waals surface area contributed by atoms with Gasteiger partial charge >= 0.3 is 6.03 Å². The van der Waals surface area contributed by atoms with Crippen LogP contribution in [0.2, 0.25) is 0 Å². The maximum Gasteiger partial charge on any atom is 0.323 e. The first kappa shape index (κ1) is 21.9. The predicted molar refractivity (Wildman–Crippen MR) is 127 cm³/mol. The minimum atomic E-state index is -0.0255. The van der Waals surface area contributed by atoms with Crippen molar-refractivity contribution in [3.8, 4) is 0 Å². The third-order valence-corrected chi connectivity index (χ3v) is 7.29. The molecule has 0 aliphatic heterocycles. The van der Waals surface area contributed by atoms with Crippen LogP contribution in [0.5, 0.6) is 0 Å². The summed E-state index contributed by atoms with van der Waals surface area (Å²) in [7, 11) is 0. The second-order valence-electron chi connectivity index (χ2n) is 9.68. The summed E-state index contributed by atoms with van der Waals surface area (Å²) in [4.78, 5) is 20.0. The topological polar surface area (TPSA) is 45.2 Å². The molecule has 0 radical (unpaired) electrons. The molecule has 4 rings (SSSR count). The number of nitrogens with zero attached hydrogens (tertiary/aromatic N) is 2. The maximum atomic E-state index is 13.4. The van der Waals surface area contributed by atoms with Gasteiger partial charge in [-0.2, -0.15) is 0 Å². The van der Waals surface area contributed by atoms with E-state index < -0.39 is 0 Å². The van der Waals surface area contributed by atoms with E-state index in [-0.39, 0.29) is 6.03 Å². The lowest BCUT2D eigenvalue weighted by molar-refractivity contribution is 0.120. The molecule has 2 aliphatic carbocycles. The molecule has 0 saturated heterocycles. The highest BCUT2D eigenvalue weighted by Crippen LogP contribution is 2.39. The number of benzene rings is 1. The fourth-order valence-corrected chi connectivity index (χ4v) is 5.72. The molecule has 2 fully saturated rings. The van der Waals surface area contributed by atoms with Crippen LogP contribution in [0.4, 0.5) is 10.6 Å². The van der Waals surface area contributed by atoms with Crippen LogP contribution in [-0.2, 0) is 6.54 Å². The molecule has 2 aromatic rings. The summed E-state index contributed by atoms with van der Waals surface area (Å²) < 4.78 is 0. The Hall–Kier alpha value is -2.36. The Morgan fingerprint density at radius 1 is 0.935 bits per heavy atom. The zero-order chi connectivity index (χ0) is 21.6. The van der Waals surface area contributed by atoms with Gasteiger partial charge in [0.25, 0.3) is 0 Å². The van der Waals surface area contributed by atoms with E-state index >= 15 is 0 Å². The van der Waals surface area contributed by atoms with Gasteiger partial charge in [-0.1, -0.05) is 62.4 Å². The van der Waals surface area contributed by atoms with Gasteiger partial charge in [0.2, 0.25) is 0 Å². The smallest absolute Gasteiger partial charge is 0.317 e. The number of nitrogens with one attached hydrogen (secondary N) is 1. The van der Waals surface area contributed by atoms with Crippen LogP contribution in [0.3, 0.4) is 0 Å². The fraction of sp³-hybridized carbons (Fsp3) is 0.556. The zero-order valence-corrected chi connectivity index (χ0v) is 19.1. The van der Waals surface area contributed by atoms with Gasteiger partial charge in [0, 0.05) is 18.3 Å². The van der Waals surface area contributed by atoms with Gasteiger partial charge in [0.1, 0.15) is 5.82 Å². The summed E-state index contributed by atoms with van der Waals surface area (Å²) in [6, 6.07) is 14.6. The highest BCUT2D eigenvalue weighted by atomic mass is 16.2. The fourth-order valence-electron chi connectivity index (χ4n) is 5.72. The van der Waals surface area contributed by atoms with Crippen molar-refractivity contribution >= 4 is 11.8 Å². The minimum absolute atomic E-state index is 0.0255. The second-order valence-corrected chi connectivity index (χ2v) is 9.68. The first-order valence-corrected chi connectivity index (χ1v) is 12.2. The second kappa shape index (κ2) is 10.3. The highest BCUT2D eigenvalue weighted by molar-refractivity contribution is 5.88. The summed E-state index contributed by atoms with van der Waals surface area (Å²) in [5.41, 5.74) is 3.23. The summed E-state index contributed by atoms with van der Waals surface area (Å²) in [5.74, 6) is 2.43. The number of carbonyl (C=O) groups excluding carboxylic acids is 1. The van der Waals surface area contributed by atoms with Crippen LogP contribution in [-0.4, -0.2) is 22.0 Å². The number of aryl methyl sites for hydroxylation is 2. The van der Waals surface area contributed by atoms with Crippen LogP contribution >= 0.6 is 0 Å². The number of pyridine rings is 1. The molecule has 1 aromatic heterocycles. The Labute approximate surface area is 187 Å². The molecule has 4 heteroatoms. The molecular weight excluding hydrogens is 382 g/mol. The first-order chi connectivity index (χ1) is 15.1. The summed E-state index contributed by atoms with van der Waals surface area (Å²) >= 11 is 0. The van der Waals surface area contributed by atoms with Gasteiger partial charge in [-0.15, -0.1) is 0 Å². The van der Waals surface area contributed by atoms with E-state index in [1.165, 1.54) is 50.5 Å². The quantitative estimate of drug-likeness (QED) is 0.574. The minimum Gasteiger partial charge on any atom is -0.317 e. The van der Waals surface area contributed by atoms with Gasteiger partial charge in [-0.3, -0.25) is 5.32 Å². The number of carbonyl (C=O) groups is 1. The van der Waals surface area contributed by atoms with Crippen LogP contribution in [0.15, 0.2) is 42.5 Å². The third-order valence-electron chi connectivity index (χ3n) is 7.29. The van der Waals surface area contributed by atoms with Gasteiger partial charge in [0.15, 0.2) is 0 Å². The normalized spacial score (nSPS) is 22.1. The number of urea groups is 1. The largest absolute Gasteiger partial charge is 0.323 e. The van der Waals surface area contributed by atoms with Crippen molar-refractivity contribution in [3.05, 3.63) is 59.3 Å². The van der Waals surface area contributed by atoms with E-state index in [9.17, 15) is 4.79 Å². The SMILES string of the molecule is Cc1cc(C)nc(NC(=O)N(Cc2ccccc2)[C@H]2CC[C@@H](C3CCCCC3)CC2)c1. The van der Waals surface area contributed by atoms with Crippen molar-refractivity contribution in [1.29, 1.82) is 0 Å². The lowest BCUT2D eigenvalue weighted by atomic mass is 9.72. The molecular formula is C27H37N3O. The van der Waals surface area contributed by atoms with E-state index in [0.717, 1.165) is 35.9 Å². The number of hydrogen-bond acceptors (Lipinski definition) is 2. The molecule has 0 spiro atoms. The van der Waals surface area contributed by atoms with Gasteiger partial charge in [0.05, 0.1) is 0 Å². The molecule has 2 saturated carbocycles. The first-order valence-electron chi connectivity index (χ1n) is 12.2. The molecule has 2 aliphatic rings. The van der Waals surface area contributed by atoms with E-state index in [1.54, 1.807) is 0 Å². The summed E-state index contributed by atoms with van der Waals surface area (Å²) in [6.45, 7) is 4.66. The summed E-state index contributed by atoms with van der Waals surface area (Å²) in [6.07, 6.45) is 11.8. The average Bonchev–Trinajstić information content (AvgIpc) is 2.78. The number of aromatic nitrogens is 1. The van der Waals surface area contributed by atoms with E-state index in [4.69, 9.17) is 0 Å². The third kappa shape index (κ3) is 5.87. The van der Waals surface area contributed by atoms with Crippen molar-refractivity contribution in [3.63, 3.8) is 0 Å². The number of amides is 2. The molecule has 31 heavy (non-hydrogen) atoms. The Morgan fingerprint density at radius 3 is 2.29 bits per heavy atom. The van der Waals surface area contributed by atoms with Gasteiger partial charge < -0.3 is 4.90 Å². The lowest BCUT2D eigenvalue weighted by Crippen LogP contribution is -2.44. The molecule has 2 amide bonds. The monoisotopic (exact) mass is 419 g/mol. The average molecular weight is 420 g/mol. The van der Waals surface area contributed by atoms with Crippen LogP contribution in [0.1, 0.15) is 74.6 Å². The van der Waals surface area contributed by atoms with Crippen LogP contribution in [0, 0.1) is 25.7 Å². The molecule has 1 heterocycles. The molecule has 4 nitrogen and oxygen atoms in total. The molecule has 0 unspecified atom stereocenters. The molecule has 0 bridgehead atoms. The van der Waals surface area contributed by atoms with Crippen LogP contribution in [0.25, 0.3) is 0 Å². The Morgan fingerprint density at radius 2 is 1.61 bits per heavy atom. The Bertz CT molecular complexity index is 832. The number of anilines is 1. The van der Waals surface area contributed by atoms with E-state index in [0.29, 0.717) is 18.4 Å². The van der Waals surface area contributed by atoms with Crippen molar-refractivity contribution in [2.24, 2.45) is 11.8 Å². The lowest BCUT2D eigenvalue weighted by Gasteiger charge is -2.40. The highest BCUT2D eigenvalue weighted by Gasteiger charge is 2.32. The molecule has 166 valence electrons. The van der Waals surface area contributed by atoms with Gasteiger partial charge in [-0.05, 0) is 74.6 Å². The molecule has 1 aromatic carbocycles. The predicted octanol–water partition coefficient (Wildman–Crippen LogP) is 6.87. The molecule has 1 N–H and O–H groups in total. The maximum absolute atomic E-state index is 13.4. The number of hydrogen-bond donors (Lipinski definition) is 1. The zero-order valence-electron chi connectivity index (χ0n) is 19.1. The molecule has 0 atom stereocenters. The van der Waals surface area contributed by atoms with Crippen molar-refractivity contribution in [1.82, 2.24) is 9.88 Å². The van der Waals surface area contributed by atoms with Crippen molar-refractivity contribution in [2.45, 2.75) is 84.2 Å².